The number of aryl methyl sites for hydroxylation is 1. The van der Waals surface area contributed by atoms with Gasteiger partial charge in [0.15, 0.2) is 12.1 Å². The fourth-order valence-electron chi connectivity index (χ4n) is 3.56. The van der Waals surface area contributed by atoms with Crippen LogP contribution in [-0.2, 0) is 11.2 Å². The van der Waals surface area contributed by atoms with Crippen LogP contribution in [0.1, 0.15) is 36.0 Å². The van der Waals surface area contributed by atoms with Gasteiger partial charge in [-0.25, -0.2) is 9.97 Å². The molecule has 0 atom stereocenters. The normalized spacial score (nSPS) is 14.3. The van der Waals surface area contributed by atoms with E-state index in [2.05, 4.69) is 15.3 Å². The maximum Gasteiger partial charge on any atom is 0.276 e. The van der Waals surface area contributed by atoms with Crippen molar-refractivity contribution in [3.05, 3.63) is 66.5 Å². The van der Waals surface area contributed by atoms with Gasteiger partial charge in [-0.1, -0.05) is 25.1 Å². The molecule has 8 heteroatoms. The fraction of sp³-hybridized carbons (Fsp3) is 0.304. The number of para-hydroxylation sites is 1. The molecule has 0 radical (unpaired) electrons. The minimum Gasteiger partial charge on any atom is -0.448 e. The van der Waals surface area contributed by atoms with Crippen LogP contribution in [-0.4, -0.2) is 39.8 Å². The van der Waals surface area contributed by atoms with Crippen molar-refractivity contribution in [2.45, 2.75) is 26.2 Å². The third-order valence-electron chi connectivity index (χ3n) is 5.29. The van der Waals surface area contributed by atoms with E-state index in [9.17, 15) is 9.59 Å². The number of carbonyl (C=O) groups excluding carboxylic acids is 2. The first-order chi connectivity index (χ1) is 15.1. The van der Waals surface area contributed by atoms with E-state index in [4.69, 9.17) is 9.15 Å². The molecule has 2 amide bonds. The Balaban J connectivity index is 1.28. The van der Waals surface area contributed by atoms with Crippen molar-refractivity contribution >= 4 is 17.5 Å². The smallest absolute Gasteiger partial charge is 0.276 e. The molecule has 0 aliphatic carbocycles. The van der Waals surface area contributed by atoms with Gasteiger partial charge in [0.1, 0.15) is 11.5 Å². The summed E-state index contributed by atoms with van der Waals surface area (Å²) in [5.41, 5.74) is 0.980. The summed E-state index contributed by atoms with van der Waals surface area (Å²) in [6.07, 6.45) is 4.68. The second kappa shape index (κ2) is 9.42. The zero-order valence-corrected chi connectivity index (χ0v) is 17.3. The number of carbonyl (C=O) groups is 2. The van der Waals surface area contributed by atoms with Gasteiger partial charge in [0.25, 0.3) is 5.91 Å². The van der Waals surface area contributed by atoms with Gasteiger partial charge >= 0.3 is 0 Å². The van der Waals surface area contributed by atoms with E-state index < -0.39 is 0 Å². The Morgan fingerprint density at radius 1 is 1.13 bits per heavy atom. The van der Waals surface area contributed by atoms with Crippen LogP contribution in [0.5, 0.6) is 11.6 Å². The molecule has 0 spiro atoms. The molecule has 160 valence electrons. The largest absolute Gasteiger partial charge is 0.448 e. The molecule has 1 aliphatic heterocycles. The van der Waals surface area contributed by atoms with Gasteiger partial charge in [-0.15, -0.1) is 0 Å². The molecule has 3 aromatic rings. The Hall–Kier alpha value is -3.68. The van der Waals surface area contributed by atoms with Gasteiger partial charge in [0.2, 0.25) is 11.8 Å². The zero-order chi connectivity index (χ0) is 21.6. The number of piperidine rings is 1. The molecule has 1 aliphatic rings. The molecule has 2 aromatic heterocycles. The quantitative estimate of drug-likeness (QED) is 0.649. The summed E-state index contributed by atoms with van der Waals surface area (Å²) < 4.78 is 10.9. The van der Waals surface area contributed by atoms with E-state index in [1.54, 1.807) is 23.2 Å². The van der Waals surface area contributed by atoms with Gasteiger partial charge in [-0.05, 0) is 31.0 Å². The molecule has 3 heterocycles. The Labute approximate surface area is 180 Å². The lowest BCUT2D eigenvalue weighted by Crippen LogP contribution is -2.41. The first-order valence-corrected chi connectivity index (χ1v) is 10.4. The third kappa shape index (κ3) is 4.91. The highest BCUT2D eigenvalue weighted by molar-refractivity contribution is 5.94. The number of pyridine rings is 1. The third-order valence-corrected chi connectivity index (χ3v) is 5.29. The first kappa shape index (κ1) is 20.6. The number of anilines is 1. The van der Waals surface area contributed by atoms with E-state index in [1.165, 1.54) is 6.39 Å². The number of aromatic nitrogens is 2. The van der Waals surface area contributed by atoms with Crippen LogP contribution >= 0.6 is 0 Å². The molecular weight excluding hydrogens is 396 g/mol. The zero-order valence-electron chi connectivity index (χ0n) is 17.3. The second-order valence-corrected chi connectivity index (χ2v) is 7.33. The van der Waals surface area contributed by atoms with Crippen LogP contribution in [0.3, 0.4) is 0 Å². The highest BCUT2D eigenvalue weighted by atomic mass is 16.5. The number of rotatable bonds is 6. The minimum atomic E-state index is -0.160. The highest BCUT2D eigenvalue weighted by Crippen LogP contribution is 2.23. The number of benzene rings is 1. The number of nitrogens with zero attached hydrogens (tertiary/aromatic N) is 3. The number of hydrogen-bond acceptors (Lipinski definition) is 6. The summed E-state index contributed by atoms with van der Waals surface area (Å²) in [5, 5.41) is 2.90. The van der Waals surface area contributed by atoms with Gasteiger partial charge in [0, 0.05) is 31.5 Å². The first-order valence-electron chi connectivity index (χ1n) is 10.4. The maximum absolute atomic E-state index is 12.7. The van der Waals surface area contributed by atoms with Crippen molar-refractivity contribution in [1.82, 2.24) is 14.9 Å². The summed E-state index contributed by atoms with van der Waals surface area (Å²) in [6, 6.07) is 12.9. The second-order valence-electron chi connectivity index (χ2n) is 7.33. The van der Waals surface area contributed by atoms with Crippen LogP contribution in [0.25, 0.3) is 0 Å². The molecule has 1 N–H and O–H groups in total. The van der Waals surface area contributed by atoms with Crippen molar-refractivity contribution in [3.63, 3.8) is 0 Å². The molecule has 0 bridgehead atoms. The molecule has 31 heavy (non-hydrogen) atoms. The lowest BCUT2D eigenvalue weighted by atomic mass is 9.95. The van der Waals surface area contributed by atoms with Gasteiger partial charge in [-0.3, -0.25) is 9.59 Å². The van der Waals surface area contributed by atoms with Crippen molar-refractivity contribution in [2.75, 3.05) is 18.4 Å². The Morgan fingerprint density at radius 2 is 1.90 bits per heavy atom. The number of oxazole rings is 1. The molecule has 0 unspecified atom stereocenters. The molecule has 0 saturated carbocycles. The van der Waals surface area contributed by atoms with Crippen molar-refractivity contribution in [1.29, 1.82) is 0 Å². The average molecular weight is 420 g/mol. The molecular formula is C23H24N4O4. The predicted octanol–water partition coefficient (Wildman–Crippen LogP) is 3.92. The maximum atomic E-state index is 12.7. The van der Waals surface area contributed by atoms with Crippen LogP contribution in [0, 0.1) is 5.92 Å². The molecule has 1 saturated heterocycles. The molecule has 1 fully saturated rings. The Kier molecular flexibility index (Phi) is 6.26. The minimum absolute atomic E-state index is 0.0682. The SMILES string of the molecule is CCc1ocnc1C(=O)N1CCC(C(=O)Nc2ccc(Oc3ccccc3)nc2)CC1. The number of ether oxygens (including phenoxy) is 1. The monoisotopic (exact) mass is 420 g/mol. The Bertz CT molecular complexity index is 1030. The van der Waals surface area contributed by atoms with Crippen LogP contribution in [0.4, 0.5) is 5.69 Å². The predicted molar refractivity (Wildman–Crippen MR) is 114 cm³/mol. The summed E-state index contributed by atoms with van der Waals surface area (Å²) in [5.74, 6) is 1.38. The van der Waals surface area contributed by atoms with Crippen molar-refractivity contribution in [2.24, 2.45) is 5.92 Å². The summed E-state index contributed by atoms with van der Waals surface area (Å²) in [7, 11) is 0. The van der Waals surface area contributed by atoms with Gasteiger partial charge in [-0.2, -0.15) is 0 Å². The average Bonchev–Trinajstić information content (AvgIpc) is 3.29. The lowest BCUT2D eigenvalue weighted by Gasteiger charge is -2.31. The standard InChI is InChI=1S/C23H24N4O4/c1-2-19-21(25-15-30-19)23(29)27-12-10-16(11-13-27)22(28)26-17-8-9-20(24-14-17)31-18-6-4-3-5-7-18/h3-9,14-16H,2,10-13H2,1H3,(H,26,28). The van der Waals surface area contributed by atoms with E-state index in [-0.39, 0.29) is 17.7 Å². The number of nitrogens with one attached hydrogen (secondary N) is 1. The van der Waals surface area contributed by atoms with Crippen LogP contribution in [0.2, 0.25) is 0 Å². The fourth-order valence-corrected chi connectivity index (χ4v) is 3.56. The molecule has 4 rings (SSSR count). The number of hydrogen-bond donors (Lipinski definition) is 1. The van der Waals surface area contributed by atoms with Gasteiger partial charge < -0.3 is 19.4 Å². The van der Waals surface area contributed by atoms with E-state index in [0.717, 1.165) is 0 Å². The topological polar surface area (TPSA) is 97.6 Å². The molecule has 8 nitrogen and oxygen atoms in total. The van der Waals surface area contributed by atoms with Crippen LogP contribution in [0.15, 0.2) is 59.5 Å². The number of amides is 2. The summed E-state index contributed by atoms with van der Waals surface area (Å²) in [4.78, 5) is 35.3. The Morgan fingerprint density at radius 3 is 2.58 bits per heavy atom. The highest BCUT2D eigenvalue weighted by Gasteiger charge is 2.30. The summed E-state index contributed by atoms with van der Waals surface area (Å²) in [6.45, 7) is 2.94. The summed E-state index contributed by atoms with van der Waals surface area (Å²) >= 11 is 0. The van der Waals surface area contributed by atoms with E-state index in [0.29, 0.717) is 61.1 Å². The van der Waals surface area contributed by atoms with Crippen molar-refractivity contribution in [3.8, 4) is 11.6 Å². The van der Waals surface area contributed by atoms with Crippen LogP contribution < -0.4 is 10.1 Å². The lowest BCUT2D eigenvalue weighted by molar-refractivity contribution is -0.121. The van der Waals surface area contributed by atoms with Crippen molar-refractivity contribution < 1.29 is 18.7 Å². The van der Waals surface area contributed by atoms with E-state index in [1.807, 2.05) is 37.3 Å². The van der Waals surface area contributed by atoms with Gasteiger partial charge in [0.05, 0.1) is 11.9 Å². The number of likely N-dealkylation sites (tertiary alicyclic amines) is 1. The van der Waals surface area contributed by atoms with E-state index >= 15 is 0 Å². The molecule has 1 aromatic carbocycles.